The summed E-state index contributed by atoms with van der Waals surface area (Å²) in [6.45, 7) is 4.02. The minimum Gasteiger partial charge on any atom is -0.496 e. The van der Waals surface area contributed by atoms with Crippen molar-refractivity contribution < 1.29 is 23.8 Å². The zero-order valence-corrected chi connectivity index (χ0v) is 18.2. The molecular formula is C23H25N3O5. The number of hydrogen-bond donors (Lipinski definition) is 1. The van der Waals surface area contributed by atoms with Gasteiger partial charge < -0.3 is 19.5 Å². The molecule has 0 unspecified atom stereocenters. The number of esters is 1. The van der Waals surface area contributed by atoms with E-state index in [1.807, 2.05) is 26.0 Å². The van der Waals surface area contributed by atoms with E-state index in [0.717, 1.165) is 11.3 Å². The molecule has 0 aliphatic carbocycles. The maximum absolute atomic E-state index is 13.1. The molecule has 8 nitrogen and oxygen atoms in total. The minimum atomic E-state index is -0.408. The molecule has 0 fully saturated rings. The molecule has 1 aromatic heterocycles. The smallest absolute Gasteiger partial charge is 0.338 e. The number of amides is 1. The summed E-state index contributed by atoms with van der Waals surface area (Å²) in [5.41, 5.74) is 3.53. The summed E-state index contributed by atoms with van der Waals surface area (Å²) < 4.78 is 17.3. The molecule has 0 saturated heterocycles. The number of methoxy groups -OCH3 is 3. The number of nitrogens with one attached hydrogen (secondary N) is 1. The van der Waals surface area contributed by atoms with E-state index in [-0.39, 0.29) is 5.91 Å². The van der Waals surface area contributed by atoms with Crippen molar-refractivity contribution >= 4 is 17.6 Å². The van der Waals surface area contributed by atoms with Crippen molar-refractivity contribution in [1.29, 1.82) is 0 Å². The van der Waals surface area contributed by atoms with Crippen LogP contribution in [0.25, 0.3) is 0 Å². The molecule has 0 saturated carbocycles. The van der Waals surface area contributed by atoms with Gasteiger partial charge in [0.25, 0.3) is 5.91 Å². The number of carbonyl (C=O) groups excluding carboxylic acids is 2. The molecule has 0 aliphatic heterocycles. The van der Waals surface area contributed by atoms with Crippen LogP contribution in [0.1, 0.15) is 37.7 Å². The summed E-state index contributed by atoms with van der Waals surface area (Å²) in [5, 5.41) is 7.48. The number of aryl methyl sites for hydroxylation is 1. The molecule has 0 bridgehead atoms. The van der Waals surface area contributed by atoms with Gasteiger partial charge in [-0.25, -0.2) is 4.79 Å². The molecule has 1 heterocycles. The largest absolute Gasteiger partial charge is 0.496 e. The van der Waals surface area contributed by atoms with E-state index in [4.69, 9.17) is 14.2 Å². The van der Waals surface area contributed by atoms with Crippen LogP contribution in [0, 0.1) is 13.8 Å². The predicted molar refractivity (Wildman–Crippen MR) is 116 cm³/mol. The molecule has 8 heteroatoms. The normalized spacial score (nSPS) is 10.5. The van der Waals surface area contributed by atoms with Crippen LogP contribution in [0.3, 0.4) is 0 Å². The van der Waals surface area contributed by atoms with Crippen LogP contribution in [0.5, 0.6) is 11.5 Å². The molecule has 1 amide bonds. The predicted octanol–water partition coefficient (Wildman–Crippen LogP) is 3.60. The van der Waals surface area contributed by atoms with Gasteiger partial charge in [0.05, 0.1) is 50.5 Å². The summed E-state index contributed by atoms with van der Waals surface area (Å²) in [6, 6.07) is 12.3. The van der Waals surface area contributed by atoms with E-state index >= 15 is 0 Å². The van der Waals surface area contributed by atoms with Gasteiger partial charge in [-0.2, -0.15) is 5.10 Å². The van der Waals surface area contributed by atoms with Crippen molar-refractivity contribution in [2.45, 2.75) is 20.4 Å². The van der Waals surface area contributed by atoms with E-state index in [0.29, 0.717) is 40.6 Å². The highest BCUT2D eigenvalue weighted by atomic mass is 16.5. The average molecular weight is 423 g/mol. The van der Waals surface area contributed by atoms with Crippen LogP contribution < -0.4 is 14.8 Å². The summed E-state index contributed by atoms with van der Waals surface area (Å²) in [4.78, 5) is 25.1. The van der Waals surface area contributed by atoms with Gasteiger partial charge >= 0.3 is 5.97 Å². The summed E-state index contributed by atoms with van der Waals surface area (Å²) in [7, 11) is 4.35. The number of nitrogens with zero attached hydrogens (tertiary/aromatic N) is 2. The Morgan fingerprint density at radius 1 is 0.968 bits per heavy atom. The number of anilines is 1. The lowest BCUT2D eigenvalue weighted by Gasteiger charge is -2.13. The Labute approximate surface area is 180 Å². The van der Waals surface area contributed by atoms with Crippen molar-refractivity contribution in [3.63, 3.8) is 0 Å². The summed E-state index contributed by atoms with van der Waals surface area (Å²) >= 11 is 0. The van der Waals surface area contributed by atoms with Crippen molar-refractivity contribution in [1.82, 2.24) is 9.78 Å². The lowest BCUT2D eigenvalue weighted by atomic mass is 10.1. The van der Waals surface area contributed by atoms with E-state index in [1.165, 1.54) is 21.3 Å². The molecule has 0 atom stereocenters. The minimum absolute atomic E-state index is 0.301. The first-order chi connectivity index (χ1) is 14.9. The standard InChI is InChI=1S/C23H25N3O5/c1-14-21(24-22(27)20-18(29-3)11-8-12-19(20)30-4)15(2)26(25-14)13-16-9-6-7-10-17(16)23(28)31-5/h6-12H,13H2,1-5H3,(H,24,27). The Bertz CT molecular complexity index is 1100. The fourth-order valence-corrected chi connectivity index (χ4v) is 3.41. The van der Waals surface area contributed by atoms with Crippen LogP contribution in [-0.2, 0) is 11.3 Å². The van der Waals surface area contributed by atoms with Gasteiger partial charge in [-0.15, -0.1) is 0 Å². The van der Waals surface area contributed by atoms with Crippen LogP contribution in [0.4, 0.5) is 5.69 Å². The van der Waals surface area contributed by atoms with E-state index in [9.17, 15) is 9.59 Å². The zero-order valence-electron chi connectivity index (χ0n) is 18.2. The Morgan fingerprint density at radius 2 is 1.61 bits per heavy atom. The molecule has 1 N–H and O–H groups in total. The molecular weight excluding hydrogens is 398 g/mol. The fourth-order valence-electron chi connectivity index (χ4n) is 3.41. The van der Waals surface area contributed by atoms with Gasteiger partial charge in [0.15, 0.2) is 0 Å². The second-order valence-corrected chi connectivity index (χ2v) is 6.84. The van der Waals surface area contributed by atoms with E-state index in [1.54, 1.807) is 35.0 Å². The SMILES string of the molecule is COC(=O)c1ccccc1Cn1nc(C)c(NC(=O)c2c(OC)cccc2OC)c1C. The second-order valence-electron chi connectivity index (χ2n) is 6.84. The molecule has 3 aromatic rings. The molecule has 3 rings (SSSR count). The third-order valence-corrected chi connectivity index (χ3v) is 5.02. The molecule has 162 valence electrons. The molecule has 2 aromatic carbocycles. The molecule has 0 spiro atoms. The number of hydrogen-bond acceptors (Lipinski definition) is 6. The van der Waals surface area contributed by atoms with E-state index in [2.05, 4.69) is 10.4 Å². The third-order valence-electron chi connectivity index (χ3n) is 5.02. The first-order valence-electron chi connectivity index (χ1n) is 9.63. The van der Waals surface area contributed by atoms with Crippen LogP contribution in [-0.4, -0.2) is 43.0 Å². The topological polar surface area (TPSA) is 91.7 Å². The van der Waals surface area contributed by atoms with Gasteiger partial charge in [-0.1, -0.05) is 24.3 Å². The van der Waals surface area contributed by atoms with E-state index < -0.39 is 5.97 Å². The Kier molecular flexibility index (Phi) is 6.59. The molecule has 0 aliphatic rings. The van der Waals surface area contributed by atoms with Gasteiger partial charge in [0.2, 0.25) is 0 Å². The highest BCUT2D eigenvalue weighted by molar-refractivity contribution is 6.08. The van der Waals surface area contributed by atoms with Crippen molar-refractivity contribution in [2.75, 3.05) is 26.6 Å². The Morgan fingerprint density at radius 3 is 2.23 bits per heavy atom. The number of benzene rings is 2. The summed E-state index contributed by atoms with van der Waals surface area (Å²) in [5.74, 6) is 0.0436. The highest BCUT2D eigenvalue weighted by Crippen LogP contribution is 2.30. The van der Waals surface area contributed by atoms with Crippen molar-refractivity contribution in [3.8, 4) is 11.5 Å². The summed E-state index contributed by atoms with van der Waals surface area (Å²) in [6.07, 6.45) is 0. The maximum atomic E-state index is 13.1. The number of rotatable bonds is 7. The average Bonchev–Trinajstić information content (AvgIpc) is 3.05. The van der Waals surface area contributed by atoms with Gasteiger partial charge in [0, 0.05) is 0 Å². The number of carbonyl (C=O) groups is 2. The van der Waals surface area contributed by atoms with Gasteiger partial charge in [-0.3, -0.25) is 9.48 Å². The Hall–Kier alpha value is -3.81. The first-order valence-corrected chi connectivity index (χ1v) is 9.63. The highest BCUT2D eigenvalue weighted by Gasteiger charge is 2.22. The zero-order chi connectivity index (χ0) is 22.5. The van der Waals surface area contributed by atoms with Crippen molar-refractivity contribution in [3.05, 3.63) is 70.5 Å². The van der Waals surface area contributed by atoms with Gasteiger partial charge in [-0.05, 0) is 37.6 Å². The van der Waals surface area contributed by atoms with Crippen LogP contribution in [0.15, 0.2) is 42.5 Å². The Balaban J connectivity index is 1.92. The quantitative estimate of drug-likeness (QED) is 0.584. The lowest BCUT2D eigenvalue weighted by Crippen LogP contribution is -2.16. The maximum Gasteiger partial charge on any atom is 0.338 e. The van der Waals surface area contributed by atoms with Crippen molar-refractivity contribution in [2.24, 2.45) is 0 Å². The third kappa shape index (κ3) is 4.37. The van der Waals surface area contributed by atoms with Crippen LogP contribution in [0.2, 0.25) is 0 Å². The number of aromatic nitrogens is 2. The van der Waals surface area contributed by atoms with Gasteiger partial charge in [0.1, 0.15) is 17.1 Å². The lowest BCUT2D eigenvalue weighted by molar-refractivity contribution is 0.0599. The molecule has 31 heavy (non-hydrogen) atoms. The fraction of sp³-hybridized carbons (Fsp3) is 0.261. The first kappa shape index (κ1) is 21.9. The second kappa shape index (κ2) is 9.34. The molecule has 0 radical (unpaired) electrons. The van der Waals surface area contributed by atoms with Crippen LogP contribution >= 0.6 is 0 Å². The number of ether oxygens (including phenoxy) is 3. The monoisotopic (exact) mass is 423 g/mol.